The largest absolute Gasteiger partial charge is 0.508 e. The normalized spacial score (nSPS) is 11.6. The smallest absolute Gasteiger partial charge is 0.220 e. The molecule has 0 atom stereocenters. The van der Waals surface area contributed by atoms with Crippen LogP contribution >= 0.6 is 0 Å². The second-order valence-electron chi connectivity index (χ2n) is 14.7. The first-order chi connectivity index (χ1) is 32.5. The van der Waals surface area contributed by atoms with Gasteiger partial charge in [-0.2, -0.15) is 4.57 Å². The van der Waals surface area contributed by atoms with Crippen molar-refractivity contribution in [1.29, 1.82) is 0 Å². The Hall–Kier alpha value is -7.59. The summed E-state index contributed by atoms with van der Waals surface area (Å²) in [6, 6.07) is 28.4. The highest BCUT2D eigenvalue weighted by Crippen LogP contribution is 2.32. The lowest BCUT2D eigenvalue weighted by Crippen LogP contribution is -2.81. The van der Waals surface area contributed by atoms with Crippen LogP contribution < -0.4 is 26.4 Å². The van der Waals surface area contributed by atoms with Gasteiger partial charge in [0.2, 0.25) is 5.69 Å². The highest BCUT2D eigenvalue weighted by Gasteiger charge is 2.52. The first-order valence-electron chi connectivity index (χ1n) is 19.0. The first-order valence-corrected chi connectivity index (χ1v) is 19.0. The van der Waals surface area contributed by atoms with Crippen LogP contribution in [0.4, 0.5) is 87.8 Å². The van der Waals surface area contributed by atoms with E-state index >= 15 is 35.1 Å². The van der Waals surface area contributed by atoms with Crippen molar-refractivity contribution >= 4 is 38.8 Å². The number of phenols is 1. The third-order valence-electron chi connectivity index (χ3n) is 11.0. The van der Waals surface area contributed by atoms with Gasteiger partial charge >= 0.3 is 0 Å². The fourth-order valence-corrected chi connectivity index (χ4v) is 7.98. The molecule has 0 aliphatic heterocycles. The maximum atomic E-state index is 15.4. The van der Waals surface area contributed by atoms with Crippen LogP contribution in [0, 0.1) is 116 Å². The van der Waals surface area contributed by atoms with Crippen LogP contribution in [0.2, 0.25) is 0 Å². The van der Waals surface area contributed by atoms with Crippen molar-refractivity contribution in [1.82, 2.24) is 0 Å². The van der Waals surface area contributed by atoms with Gasteiger partial charge in [-0.1, -0.05) is 48.5 Å². The van der Waals surface area contributed by atoms with Crippen molar-refractivity contribution < 1.29 is 97.5 Å². The number of phenolic OH excluding ortho intramolecular Hbond substituents is 1. The predicted octanol–water partition coefficient (Wildman–Crippen LogP) is 10.4. The van der Waals surface area contributed by atoms with Crippen LogP contribution in [0.1, 0.15) is 5.56 Å². The van der Waals surface area contributed by atoms with Crippen molar-refractivity contribution in [2.24, 2.45) is 0 Å². The van der Waals surface area contributed by atoms with E-state index in [1.165, 1.54) is 16.3 Å². The van der Waals surface area contributed by atoms with Crippen LogP contribution in [0.25, 0.3) is 22.0 Å². The average Bonchev–Trinajstić information content (AvgIpc) is 3.34. The molecule has 69 heavy (non-hydrogen) atoms. The molecule has 0 aliphatic carbocycles. The Morgan fingerprint density at radius 3 is 0.986 bits per heavy atom. The summed E-state index contributed by atoms with van der Waals surface area (Å²) >= 11 is 0. The van der Waals surface area contributed by atoms with E-state index in [1.54, 1.807) is 12.1 Å². The minimum Gasteiger partial charge on any atom is -0.508 e. The molecule has 8 aromatic rings. The van der Waals surface area contributed by atoms with Crippen molar-refractivity contribution in [3.05, 3.63) is 213 Å². The lowest BCUT2D eigenvalue weighted by molar-refractivity contribution is -0.676. The molecule has 0 radical (unpaired) electrons. The van der Waals surface area contributed by atoms with E-state index in [4.69, 9.17) is 0 Å². The van der Waals surface area contributed by atoms with Gasteiger partial charge in [0.05, 0.1) is 5.39 Å². The summed E-state index contributed by atoms with van der Waals surface area (Å²) in [5, 5.41) is 12.0. The van der Waals surface area contributed by atoms with Gasteiger partial charge in [0.15, 0.2) is 82.5 Å². The number of hydrogen-bond acceptors (Lipinski definition) is 1. The number of rotatable bonds is 7. The molecular weight excluding hydrogens is 973 g/mol. The van der Waals surface area contributed by atoms with Gasteiger partial charge in [-0.05, 0) is 35.7 Å². The fourth-order valence-electron chi connectivity index (χ4n) is 7.98. The number of halogens is 20. The Morgan fingerprint density at radius 1 is 0.333 bits per heavy atom. The third-order valence-corrected chi connectivity index (χ3v) is 11.0. The first kappa shape index (κ1) is 49.3. The molecule has 0 saturated heterocycles. The highest BCUT2D eigenvalue weighted by molar-refractivity contribution is 7.20. The molecule has 0 unspecified atom stereocenters. The molecule has 2 nitrogen and oxygen atoms in total. The summed E-state index contributed by atoms with van der Waals surface area (Å²) in [6.45, 7) is 0.807. The van der Waals surface area contributed by atoms with E-state index in [2.05, 4.69) is 65.4 Å². The lowest BCUT2D eigenvalue weighted by atomic mass is 9.12. The molecule has 1 N–H and O–H groups in total. The Kier molecular flexibility index (Phi) is 13.2. The zero-order valence-corrected chi connectivity index (χ0v) is 33.4. The topological polar surface area (TPSA) is 24.1 Å². The van der Waals surface area contributed by atoms with Crippen LogP contribution in [0.3, 0.4) is 0 Å². The van der Waals surface area contributed by atoms with E-state index in [-0.39, 0.29) is 5.75 Å². The molecule has 1 aromatic heterocycles. The molecule has 0 aliphatic rings. The maximum absolute atomic E-state index is 15.4. The Balaban J connectivity index is 0.000000244. The molecule has 0 fully saturated rings. The molecule has 1 heterocycles. The number of pyridine rings is 1. The highest BCUT2D eigenvalue weighted by atomic mass is 19.2. The Bertz CT molecular complexity index is 2990. The number of hydrogen-bond donors (Lipinski definition) is 1. The standard InChI is InChI=1S/C24BF20.C22H17NO/c26-5-1(6(27)14(35)21(42)13(5)34)25(2-7(28)15(36)22(43)16(37)8(2)29,3-9(30)17(38)23(44)18(39)10(3)31)4-11(32)19(40)24(45)20(41)12(4)33;24-20-12-10-19(11-13-20)22-21-9-5-4-8-18(21)14-15-23(22)16-17-6-2-1-3-7-17/h;1-15H,16H2/q-1;/p+1. The second-order valence-corrected chi connectivity index (χ2v) is 14.7. The molecule has 0 bridgehead atoms. The second kappa shape index (κ2) is 18.5. The number of aromatic hydroxyl groups is 1. The van der Waals surface area contributed by atoms with E-state index in [1.807, 2.05) is 18.2 Å². The molecule has 8 rings (SSSR count). The fraction of sp³-hybridized carbons (Fsp3) is 0.0217. The predicted molar refractivity (Wildman–Crippen MR) is 206 cm³/mol. The average molecular weight is 991 g/mol. The molecule has 23 heteroatoms. The Labute approximate surface area is 372 Å². The minimum atomic E-state index is -7.22. The zero-order valence-electron chi connectivity index (χ0n) is 33.4. The van der Waals surface area contributed by atoms with Gasteiger partial charge in [-0.3, -0.25) is 0 Å². The molecule has 0 spiro atoms. The summed E-state index contributed by atoms with van der Waals surface area (Å²) in [5.74, 6) is -71.1. The van der Waals surface area contributed by atoms with Gasteiger partial charge in [0.1, 0.15) is 58.4 Å². The lowest BCUT2D eigenvalue weighted by Gasteiger charge is -2.44. The number of benzene rings is 7. The van der Waals surface area contributed by atoms with Gasteiger partial charge < -0.3 is 5.11 Å². The van der Waals surface area contributed by atoms with Gasteiger partial charge in [-0.15, -0.1) is 21.9 Å². The number of aromatic nitrogens is 1. The molecule has 0 saturated carbocycles. The summed E-state index contributed by atoms with van der Waals surface area (Å²) in [7, 11) is 0. The zero-order chi connectivity index (χ0) is 50.7. The SMILES string of the molecule is Fc1c(F)c(F)c([B-](c2c(F)c(F)c(F)c(F)c2F)(c2c(F)c(F)c(F)c(F)c2F)c2c(F)c(F)c(F)c(F)c2F)c(F)c1F.Oc1ccc(-c2c3ccccc3cc[n+]2Cc2ccccc2)cc1. The van der Waals surface area contributed by atoms with Gasteiger partial charge in [0.25, 0.3) is 0 Å². The monoisotopic (exact) mass is 991 g/mol. The summed E-state index contributed by atoms with van der Waals surface area (Å²) in [4.78, 5) is 0. The maximum Gasteiger partial charge on any atom is 0.220 e. The van der Waals surface area contributed by atoms with Crippen molar-refractivity contribution in [3.8, 4) is 17.0 Å². The van der Waals surface area contributed by atoms with Crippen molar-refractivity contribution in [2.45, 2.75) is 6.54 Å². The summed E-state index contributed by atoms with van der Waals surface area (Å²) in [6.07, 6.45) is -5.08. The minimum absolute atomic E-state index is 0.286. The van der Waals surface area contributed by atoms with Crippen LogP contribution in [-0.2, 0) is 6.54 Å². The van der Waals surface area contributed by atoms with E-state index in [0.717, 1.165) is 17.8 Å². The van der Waals surface area contributed by atoms with Crippen LogP contribution in [0.15, 0.2) is 91.1 Å². The van der Waals surface area contributed by atoms with E-state index in [0.29, 0.717) is 0 Å². The van der Waals surface area contributed by atoms with Gasteiger partial charge in [-0.25, -0.2) is 87.8 Å². The Morgan fingerprint density at radius 2 is 0.638 bits per heavy atom. The molecule has 0 amide bonds. The molecular formula is C46H18BF20NO. The van der Waals surface area contributed by atoms with E-state index in [9.17, 15) is 57.8 Å². The van der Waals surface area contributed by atoms with Crippen LogP contribution in [0.5, 0.6) is 5.75 Å². The summed E-state index contributed by atoms with van der Waals surface area (Å²) in [5.41, 5.74) is -10.8. The number of nitrogens with zero attached hydrogens (tertiary/aromatic N) is 1. The number of fused-ring (bicyclic) bond motifs is 1. The van der Waals surface area contributed by atoms with Crippen molar-refractivity contribution in [3.63, 3.8) is 0 Å². The molecule has 356 valence electrons. The van der Waals surface area contributed by atoms with Crippen LogP contribution in [-0.4, -0.2) is 11.3 Å². The molecule has 7 aromatic carbocycles. The van der Waals surface area contributed by atoms with Crippen molar-refractivity contribution in [2.75, 3.05) is 0 Å². The third kappa shape index (κ3) is 7.82. The van der Waals surface area contributed by atoms with Gasteiger partial charge in [0, 0.05) is 17.2 Å². The van der Waals surface area contributed by atoms with E-state index < -0.39 is 144 Å². The summed E-state index contributed by atoms with van der Waals surface area (Å²) < 4.78 is 296. The quantitative estimate of drug-likeness (QED) is 0.0556.